The van der Waals surface area contributed by atoms with Crippen molar-refractivity contribution in [2.75, 3.05) is 12.4 Å². The Bertz CT molecular complexity index is 719. The molecule has 0 aliphatic heterocycles. The summed E-state index contributed by atoms with van der Waals surface area (Å²) in [7, 11) is 1.43. The van der Waals surface area contributed by atoms with Gasteiger partial charge in [-0.05, 0) is 52.9 Å². The van der Waals surface area contributed by atoms with Crippen molar-refractivity contribution in [3.05, 3.63) is 51.6 Å². The van der Waals surface area contributed by atoms with E-state index in [0.29, 0.717) is 5.75 Å². The Hall–Kier alpha value is -1.97. The van der Waals surface area contributed by atoms with Gasteiger partial charge >= 0.3 is 6.36 Å². The Labute approximate surface area is 143 Å². The van der Waals surface area contributed by atoms with E-state index in [1.807, 2.05) is 22.6 Å². The van der Waals surface area contributed by atoms with Gasteiger partial charge in [-0.1, -0.05) is 6.07 Å². The summed E-state index contributed by atoms with van der Waals surface area (Å²) in [6, 6.07) is 10.1. The number of rotatable bonds is 4. The van der Waals surface area contributed by atoms with Crippen LogP contribution in [0.5, 0.6) is 11.5 Å². The largest absolute Gasteiger partial charge is 0.573 e. The highest BCUT2D eigenvalue weighted by atomic mass is 127. The number of carbonyl (C=O) groups excluding carboxylic acids is 1. The lowest BCUT2D eigenvalue weighted by molar-refractivity contribution is -0.274. The van der Waals surface area contributed by atoms with Crippen molar-refractivity contribution in [1.29, 1.82) is 0 Å². The van der Waals surface area contributed by atoms with Gasteiger partial charge in [0.15, 0.2) is 0 Å². The van der Waals surface area contributed by atoms with Crippen LogP contribution < -0.4 is 14.8 Å². The molecule has 0 atom stereocenters. The molecule has 0 saturated heterocycles. The minimum absolute atomic E-state index is 0.178. The lowest BCUT2D eigenvalue weighted by Crippen LogP contribution is -2.17. The summed E-state index contributed by atoms with van der Waals surface area (Å²) in [4.78, 5) is 12.3. The van der Waals surface area contributed by atoms with Gasteiger partial charge < -0.3 is 14.8 Å². The summed E-state index contributed by atoms with van der Waals surface area (Å²) in [5.41, 5.74) is 0.458. The fraction of sp³-hybridized carbons (Fsp3) is 0.133. The van der Waals surface area contributed by atoms with Crippen LogP contribution in [0.1, 0.15) is 10.4 Å². The molecule has 4 nitrogen and oxygen atoms in total. The van der Waals surface area contributed by atoms with Crippen molar-refractivity contribution < 1.29 is 27.4 Å². The van der Waals surface area contributed by atoms with E-state index in [0.717, 1.165) is 15.7 Å². The predicted molar refractivity (Wildman–Crippen MR) is 86.8 cm³/mol. The van der Waals surface area contributed by atoms with Crippen LogP contribution in [0.25, 0.3) is 0 Å². The molecule has 0 unspecified atom stereocenters. The second-order valence-electron chi connectivity index (χ2n) is 4.37. The maximum Gasteiger partial charge on any atom is 0.573 e. The van der Waals surface area contributed by atoms with E-state index in [1.165, 1.54) is 19.2 Å². The van der Waals surface area contributed by atoms with Gasteiger partial charge in [-0.3, -0.25) is 4.79 Å². The molecule has 8 heteroatoms. The number of anilines is 1. The van der Waals surface area contributed by atoms with Crippen molar-refractivity contribution in [2.45, 2.75) is 6.36 Å². The van der Waals surface area contributed by atoms with E-state index in [4.69, 9.17) is 4.74 Å². The lowest BCUT2D eigenvalue weighted by Gasteiger charge is -2.12. The summed E-state index contributed by atoms with van der Waals surface area (Å²) in [6.07, 6.45) is -4.79. The van der Waals surface area contributed by atoms with Crippen LogP contribution in [0, 0.1) is 3.57 Å². The molecule has 1 amide bonds. The van der Waals surface area contributed by atoms with Gasteiger partial charge in [0.1, 0.15) is 11.5 Å². The maximum atomic E-state index is 12.3. The highest BCUT2D eigenvalue weighted by Gasteiger charge is 2.31. The van der Waals surface area contributed by atoms with Gasteiger partial charge in [0.25, 0.3) is 5.91 Å². The first-order valence-electron chi connectivity index (χ1n) is 6.29. The van der Waals surface area contributed by atoms with Gasteiger partial charge in [-0.2, -0.15) is 0 Å². The van der Waals surface area contributed by atoms with Crippen LogP contribution in [0.2, 0.25) is 0 Å². The van der Waals surface area contributed by atoms with Crippen molar-refractivity contribution in [3.63, 3.8) is 0 Å². The fourth-order valence-electron chi connectivity index (χ4n) is 1.83. The lowest BCUT2D eigenvalue weighted by atomic mass is 10.2. The summed E-state index contributed by atoms with van der Waals surface area (Å²) < 4.78 is 46.4. The van der Waals surface area contributed by atoms with Crippen molar-refractivity contribution in [1.82, 2.24) is 0 Å². The number of benzene rings is 2. The number of nitrogens with one attached hydrogen (secondary N) is 1. The van der Waals surface area contributed by atoms with Crippen LogP contribution in [-0.4, -0.2) is 19.4 Å². The third kappa shape index (κ3) is 5.02. The number of amides is 1. The molecule has 0 fully saturated rings. The molecule has 0 aliphatic carbocycles. The molecule has 122 valence electrons. The minimum Gasteiger partial charge on any atom is -0.496 e. The predicted octanol–water partition coefficient (Wildman–Crippen LogP) is 4.45. The molecule has 2 rings (SSSR count). The van der Waals surface area contributed by atoms with Crippen LogP contribution in [0.3, 0.4) is 0 Å². The number of carbonyl (C=O) groups is 1. The number of hydrogen-bond acceptors (Lipinski definition) is 3. The zero-order valence-electron chi connectivity index (χ0n) is 11.8. The summed E-state index contributed by atoms with van der Waals surface area (Å²) in [5.74, 6) is -0.542. The van der Waals surface area contributed by atoms with E-state index in [-0.39, 0.29) is 11.3 Å². The molecule has 2 aromatic carbocycles. The molecule has 0 radical (unpaired) electrons. The number of ether oxygens (including phenoxy) is 2. The number of methoxy groups -OCH3 is 1. The zero-order valence-corrected chi connectivity index (χ0v) is 13.9. The van der Waals surface area contributed by atoms with Gasteiger partial charge in [0, 0.05) is 15.3 Å². The average molecular weight is 437 g/mol. The molecular weight excluding hydrogens is 426 g/mol. The van der Waals surface area contributed by atoms with Gasteiger partial charge in [-0.25, -0.2) is 0 Å². The molecule has 2 aromatic rings. The number of halogens is 4. The first-order valence-corrected chi connectivity index (χ1v) is 7.37. The van der Waals surface area contributed by atoms with Crippen LogP contribution >= 0.6 is 22.6 Å². The van der Waals surface area contributed by atoms with Crippen molar-refractivity contribution in [2.24, 2.45) is 0 Å². The second-order valence-corrected chi connectivity index (χ2v) is 5.62. The Balaban J connectivity index is 2.21. The van der Waals surface area contributed by atoms with E-state index in [9.17, 15) is 18.0 Å². The Morgan fingerprint density at radius 2 is 1.91 bits per heavy atom. The van der Waals surface area contributed by atoms with Crippen LogP contribution in [0.4, 0.5) is 18.9 Å². The topological polar surface area (TPSA) is 47.6 Å². The molecule has 1 N–H and O–H groups in total. The molecular formula is C15H11F3INO3. The summed E-state index contributed by atoms with van der Waals surface area (Å²) in [5, 5.41) is 2.52. The minimum atomic E-state index is -4.79. The normalized spacial score (nSPS) is 11.0. The molecule has 0 saturated carbocycles. The smallest absolute Gasteiger partial charge is 0.496 e. The highest BCUT2D eigenvalue weighted by Crippen LogP contribution is 2.26. The Morgan fingerprint density at radius 1 is 1.17 bits per heavy atom. The number of alkyl halides is 3. The quantitative estimate of drug-likeness (QED) is 0.720. The SMILES string of the molecule is COc1ccc(I)cc1C(=O)Nc1cccc(OC(F)(F)F)c1. The van der Waals surface area contributed by atoms with Gasteiger partial charge in [-0.15, -0.1) is 13.2 Å². The van der Waals surface area contributed by atoms with Gasteiger partial charge in [0.05, 0.1) is 12.7 Å². The highest BCUT2D eigenvalue weighted by molar-refractivity contribution is 14.1. The van der Waals surface area contributed by atoms with Gasteiger partial charge in [0.2, 0.25) is 0 Å². The van der Waals surface area contributed by atoms with Crippen molar-refractivity contribution >= 4 is 34.2 Å². The summed E-state index contributed by atoms with van der Waals surface area (Å²) >= 11 is 2.04. The van der Waals surface area contributed by atoms with E-state index in [2.05, 4.69) is 10.1 Å². The molecule has 0 aromatic heterocycles. The molecule has 0 heterocycles. The fourth-order valence-corrected chi connectivity index (χ4v) is 2.32. The van der Waals surface area contributed by atoms with Crippen molar-refractivity contribution in [3.8, 4) is 11.5 Å². The molecule has 23 heavy (non-hydrogen) atoms. The third-order valence-electron chi connectivity index (χ3n) is 2.73. The average Bonchev–Trinajstić information content (AvgIpc) is 2.45. The maximum absolute atomic E-state index is 12.3. The molecule has 0 aliphatic rings. The first-order chi connectivity index (χ1) is 10.8. The zero-order chi connectivity index (χ0) is 17.0. The number of hydrogen-bond donors (Lipinski definition) is 1. The third-order valence-corrected chi connectivity index (χ3v) is 3.40. The standard InChI is InChI=1S/C15H11F3INO3/c1-22-13-6-5-9(19)7-12(13)14(21)20-10-3-2-4-11(8-10)23-15(16,17)18/h2-8H,1H3,(H,20,21). The molecule has 0 spiro atoms. The summed E-state index contributed by atoms with van der Waals surface area (Å²) in [6.45, 7) is 0. The monoisotopic (exact) mass is 437 g/mol. The molecule has 0 bridgehead atoms. The van der Waals surface area contributed by atoms with E-state index < -0.39 is 18.0 Å². The van der Waals surface area contributed by atoms with E-state index >= 15 is 0 Å². The Kier molecular flexibility index (Phi) is 5.34. The Morgan fingerprint density at radius 3 is 2.57 bits per heavy atom. The second kappa shape index (κ2) is 7.07. The first kappa shape index (κ1) is 17.4. The van der Waals surface area contributed by atoms with E-state index in [1.54, 1.807) is 18.2 Å². The van der Waals surface area contributed by atoms with Crippen LogP contribution in [-0.2, 0) is 0 Å². The van der Waals surface area contributed by atoms with Crippen LogP contribution in [0.15, 0.2) is 42.5 Å².